The first kappa shape index (κ1) is 10.2. The molecule has 3 unspecified atom stereocenters. The number of carbonyl (C=O) groups is 1. The van der Waals surface area contributed by atoms with Crippen LogP contribution in [0.1, 0.15) is 32.6 Å². The van der Waals surface area contributed by atoms with E-state index in [9.17, 15) is 4.79 Å². The summed E-state index contributed by atoms with van der Waals surface area (Å²) >= 11 is 0. The molecule has 2 aliphatic rings. The molecule has 0 N–H and O–H groups in total. The number of nitrogens with zero attached hydrogens (tertiary/aromatic N) is 1. The van der Waals surface area contributed by atoms with Crippen LogP contribution in [0.15, 0.2) is 12.2 Å². The maximum atomic E-state index is 11.5. The predicted octanol–water partition coefficient (Wildman–Crippen LogP) is 2.19. The van der Waals surface area contributed by atoms with Crippen molar-refractivity contribution in [3.8, 4) is 6.07 Å². The number of fused-ring (bicyclic) bond motifs is 2. The van der Waals surface area contributed by atoms with Gasteiger partial charge in [0.1, 0.15) is 5.60 Å². The molecule has 2 saturated carbocycles. The van der Waals surface area contributed by atoms with Gasteiger partial charge in [-0.25, -0.2) is 4.79 Å². The summed E-state index contributed by atoms with van der Waals surface area (Å²) in [6.45, 7) is 5.23. The van der Waals surface area contributed by atoms with Crippen LogP contribution in [0.2, 0.25) is 0 Å². The average Bonchev–Trinajstić information content (AvgIpc) is 2.74. The molecule has 3 nitrogen and oxygen atoms in total. The second-order valence-corrected chi connectivity index (χ2v) is 4.80. The molecule has 0 aromatic heterocycles. The van der Waals surface area contributed by atoms with Crippen molar-refractivity contribution in [3.63, 3.8) is 0 Å². The van der Waals surface area contributed by atoms with Crippen molar-refractivity contribution in [1.29, 1.82) is 5.26 Å². The summed E-state index contributed by atoms with van der Waals surface area (Å²) in [5, 5.41) is 8.94. The van der Waals surface area contributed by atoms with Crippen LogP contribution in [0.25, 0.3) is 0 Å². The molecule has 0 aliphatic heterocycles. The number of rotatable bonds is 2. The van der Waals surface area contributed by atoms with Crippen LogP contribution in [0.3, 0.4) is 0 Å². The molecule has 0 heterocycles. The molecule has 2 aliphatic carbocycles. The number of ether oxygens (including phenoxy) is 1. The third kappa shape index (κ3) is 1.65. The summed E-state index contributed by atoms with van der Waals surface area (Å²) < 4.78 is 5.49. The minimum atomic E-state index is -0.346. The molecule has 2 fully saturated rings. The lowest BCUT2D eigenvalue weighted by Crippen LogP contribution is -2.31. The van der Waals surface area contributed by atoms with E-state index in [0.29, 0.717) is 17.9 Å². The molecule has 0 spiro atoms. The van der Waals surface area contributed by atoms with E-state index < -0.39 is 0 Å². The van der Waals surface area contributed by atoms with Gasteiger partial charge in [-0.1, -0.05) is 6.58 Å². The fourth-order valence-electron chi connectivity index (χ4n) is 2.80. The molecule has 80 valence electrons. The topological polar surface area (TPSA) is 50.1 Å². The molecule has 3 heteroatoms. The van der Waals surface area contributed by atoms with Crippen molar-refractivity contribution in [2.24, 2.45) is 11.8 Å². The van der Waals surface area contributed by atoms with Crippen LogP contribution in [-0.4, -0.2) is 11.6 Å². The first-order valence-electron chi connectivity index (χ1n) is 5.35. The van der Waals surface area contributed by atoms with Crippen LogP contribution >= 0.6 is 0 Å². The van der Waals surface area contributed by atoms with Crippen molar-refractivity contribution in [2.75, 3.05) is 0 Å². The third-order valence-electron chi connectivity index (χ3n) is 3.59. The van der Waals surface area contributed by atoms with E-state index in [1.54, 1.807) is 6.92 Å². The van der Waals surface area contributed by atoms with Crippen LogP contribution in [0.4, 0.5) is 0 Å². The highest BCUT2D eigenvalue weighted by atomic mass is 16.6. The zero-order chi connectivity index (χ0) is 11.1. The Bertz CT molecular complexity index is 355. The molecule has 0 aromatic rings. The standard InChI is InChI=1S/C12H15NO2/c1-8(2)11(14)15-12-4-3-9(5-12)10(6-12)7-13/h9-10H,1,3-6H2,2H3. The summed E-state index contributed by atoms with van der Waals surface area (Å²) in [6, 6.07) is 2.31. The van der Waals surface area contributed by atoms with Crippen molar-refractivity contribution in [3.05, 3.63) is 12.2 Å². The van der Waals surface area contributed by atoms with Crippen molar-refractivity contribution >= 4 is 5.97 Å². The van der Waals surface area contributed by atoms with E-state index >= 15 is 0 Å². The molecular formula is C12H15NO2. The zero-order valence-corrected chi connectivity index (χ0v) is 8.95. The van der Waals surface area contributed by atoms with Crippen LogP contribution in [0, 0.1) is 23.2 Å². The lowest BCUT2D eigenvalue weighted by atomic mass is 9.88. The highest BCUT2D eigenvalue weighted by Crippen LogP contribution is 2.53. The van der Waals surface area contributed by atoms with Gasteiger partial charge in [0, 0.05) is 12.0 Å². The summed E-state index contributed by atoms with van der Waals surface area (Å²) in [4.78, 5) is 11.5. The minimum absolute atomic E-state index is 0.0803. The Hall–Kier alpha value is -1.30. The minimum Gasteiger partial charge on any atom is -0.456 e. The van der Waals surface area contributed by atoms with E-state index in [1.165, 1.54) is 0 Å². The van der Waals surface area contributed by atoms with Crippen molar-refractivity contribution in [2.45, 2.75) is 38.2 Å². The number of hydrogen-bond acceptors (Lipinski definition) is 3. The molecular weight excluding hydrogens is 190 g/mol. The maximum absolute atomic E-state index is 11.5. The number of esters is 1. The van der Waals surface area contributed by atoms with Gasteiger partial charge in [-0.05, 0) is 32.1 Å². The monoisotopic (exact) mass is 205 g/mol. The van der Waals surface area contributed by atoms with Gasteiger partial charge in [0.2, 0.25) is 0 Å². The van der Waals surface area contributed by atoms with Crippen molar-refractivity contribution in [1.82, 2.24) is 0 Å². The Morgan fingerprint density at radius 2 is 2.33 bits per heavy atom. The third-order valence-corrected chi connectivity index (χ3v) is 3.59. The highest BCUT2D eigenvalue weighted by molar-refractivity contribution is 5.87. The molecule has 2 bridgehead atoms. The summed E-state index contributed by atoms with van der Waals surface area (Å²) in [5.41, 5.74) is 0.0920. The summed E-state index contributed by atoms with van der Waals surface area (Å²) in [6.07, 6.45) is 3.51. The number of nitriles is 1. The lowest BCUT2D eigenvalue weighted by molar-refractivity contribution is -0.154. The summed E-state index contributed by atoms with van der Waals surface area (Å²) in [5.74, 6) is 0.207. The van der Waals surface area contributed by atoms with Gasteiger partial charge < -0.3 is 4.74 Å². The van der Waals surface area contributed by atoms with Gasteiger partial charge in [0.25, 0.3) is 0 Å². The molecule has 0 saturated heterocycles. The van der Waals surface area contributed by atoms with Gasteiger partial charge in [0.15, 0.2) is 0 Å². The largest absolute Gasteiger partial charge is 0.456 e. The Labute approximate surface area is 89.7 Å². The van der Waals surface area contributed by atoms with Gasteiger partial charge in [-0.15, -0.1) is 0 Å². The number of carbonyl (C=O) groups excluding carboxylic acids is 1. The Morgan fingerprint density at radius 1 is 1.60 bits per heavy atom. The van der Waals surface area contributed by atoms with Crippen LogP contribution < -0.4 is 0 Å². The van der Waals surface area contributed by atoms with E-state index in [0.717, 1.165) is 19.3 Å². The molecule has 3 atom stereocenters. The SMILES string of the molecule is C=C(C)C(=O)OC12CCC(C1)C(C#N)C2. The fraction of sp³-hybridized carbons (Fsp3) is 0.667. The molecule has 0 radical (unpaired) electrons. The van der Waals surface area contributed by atoms with Crippen LogP contribution in [0.5, 0.6) is 0 Å². The highest BCUT2D eigenvalue weighted by Gasteiger charge is 2.53. The van der Waals surface area contributed by atoms with Gasteiger partial charge >= 0.3 is 5.97 Å². The Balaban J connectivity index is 2.07. The first-order chi connectivity index (χ1) is 7.06. The smallest absolute Gasteiger partial charge is 0.333 e. The fourth-order valence-corrected chi connectivity index (χ4v) is 2.80. The molecule has 2 rings (SSSR count). The second kappa shape index (κ2) is 3.37. The maximum Gasteiger partial charge on any atom is 0.333 e. The number of hydrogen-bond donors (Lipinski definition) is 0. The van der Waals surface area contributed by atoms with Crippen molar-refractivity contribution < 1.29 is 9.53 Å². The van der Waals surface area contributed by atoms with E-state index in [1.807, 2.05) is 0 Å². The average molecular weight is 205 g/mol. The molecule has 15 heavy (non-hydrogen) atoms. The zero-order valence-electron chi connectivity index (χ0n) is 8.95. The van der Waals surface area contributed by atoms with E-state index in [-0.39, 0.29) is 17.5 Å². The van der Waals surface area contributed by atoms with Gasteiger partial charge in [-0.3, -0.25) is 0 Å². The Kier molecular flexibility index (Phi) is 2.30. The molecule has 0 amide bonds. The molecule has 0 aromatic carbocycles. The quantitative estimate of drug-likeness (QED) is 0.513. The predicted molar refractivity (Wildman–Crippen MR) is 54.7 cm³/mol. The Morgan fingerprint density at radius 3 is 2.87 bits per heavy atom. The normalized spacial score (nSPS) is 37.3. The van der Waals surface area contributed by atoms with E-state index in [4.69, 9.17) is 10.00 Å². The van der Waals surface area contributed by atoms with E-state index in [2.05, 4.69) is 12.6 Å². The van der Waals surface area contributed by atoms with Crippen LogP contribution in [-0.2, 0) is 9.53 Å². The summed E-state index contributed by atoms with van der Waals surface area (Å²) in [7, 11) is 0. The lowest BCUT2D eigenvalue weighted by Gasteiger charge is -2.27. The van der Waals surface area contributed by atoms with Gasteiger partial charge in [-0.2, -0.15) is 5.26 Å². The first-order valence-corrected chi connectivity index (χ1v) is 5.35. The second-order valence-electron chi connectivity index (χ2n) is 4.80. The van der Waals surface area contributed by atoms with Gasteiger partial charge in [0.05, 0.1) is 12.0 Å².